The molecular formula is C17H27N3O3S. The second-order valence-electron chi connectivity index (χ2n) is 6.50. The second kappa shape index (κ2) is 9.54. The van der Waals surface area contributed by atoms with E-state index in [0.717, 1.165) is 5.56 Å². The lowest BCUT2D eigenvalue weighted by atomic mass is 10.0. The lowest BCUT2D eigenvalue weighted by Crippen LogP contribution is -2.55. The van der Waals surface area contributed by atoms with Crippen molar-refractivity contribution in [3.63, 3.8) is 0 Å². The first-order valence-electron chi connectivity index (χ1n) is 7.84. The van der Waals surface area contributed by atoms with Crippen molar-refractivity contribution in [2.75, 3.05) is 12.0 Å². The van der Waals surface area contributed by atoms with Crippen molar-refractivity contribution in [2.24, 2.45) is 0 Å². The summed E-state index contributed by atoms with van der Waals surface area (Å²) in [4.78, 5) is 26.2. The Morgan fingerprint density at radius 3 is 2.38 bits per heavy atom. The van der Waals surface area contributed by atoms with E-state index >= 15 is 0 Å². The molecule has 0 saturated heterocycles. The van der Waals surface area contributed by atoms with Gasteiger partial charge < -0.3 is 10.2 Å². The van der Waals surface area contributed by atoms with Crippen LogP contribution in [0.4, 0.5) is 4.79 Å². The molecule has 134 valence electrons. The quantitative estimate of drug-likeness (QED) is 0.520. The Bertz CT molecular complexity index is 532. The number of hydroxylamine groups is 1. The van der Waals surface area contributed by atoms with Crippen molar-refractivity contribution in [1.29, 1.82) is 0 Å². The van der Waals surface area contributed by atoms with Gasteiger partial charge in [0.25, 0.3) is 5.91 Å². The highest BCUT2D eigenvalue weighted by Crippen LogP contribution is 2.18. The van der Waals surface area contributed by atoms with Crippen LogP contribution in [0, 0.1) is 0 Å². The van der Waals surface area contributed by atoms with E-state index in [-0.39, 0.29) is 6.03 Å². The normalized spacial score (nSPS) is 12.4. The zero-order valence-electron chi connectivity index (χ0n) is 14.7. The molecule has 1 aromatic carbocycles. The van der Waals surface area contributed by atoms with E-state index in [2.05, 4.69) is 5.32 Å². The number of benzene rings is 1. The van der Waals surface area contributed by atoms with Crippen LogP contribution in [0.1, 0.15) is 32.8 Å². The molecule has 0 aliphatic heterocycles. The maximum atomic E-state index is 12.7. The van der Waals surface area contributed by atoms with Gasteiger partial charge >= 0.3 is 6.03 Å². The van der Waals surface area contributed by atoms with Crippen LogP contribution in [0.3, 0.4) is 0 Å². The van der Waals surface area contributed by atoms with Crippen LogP contribution in [0.2, 0.25) is 0 Å². The molecular weight excluding hydrogens is 326 g/mol. The van der Waals surface area contributed by atoms with Gasteiger partial charge in [0, 0.05) is 12.1 Å². The molecule has 0 saturated carbocycles. The van der Waals surface area contributed by atoms with Gasteiger partial charge in [0.1, 0.15) is 6.04 Å². The minimum atomic E-state index is -0.768. The molecule has 1 atom stereocenters. The summed E-state index contributed by atoms with van der Waals surface area (Å²) in [5, 5.41) is 11.6. The van der Waals surface area contributed by atoms with E-state index in [0.29, 0.717) is 18.7 Å². The van der Waals surface area contributed by atoms with Crippen LogP contribution in [-0.2, 0) is 11.3 Å². The summed E-state index contributed by atoms with van der Waals surface area (Å²) in [6, 6.07) is 8.59. The van der Waals surface area contributed by atoms with Crippen LogP contribution in [0.25, 0.3) is 0 Å². The number of carbonyl (C=O) groups excluding carboxylic acids is 2. The van der Waals surface area contributed by atoms with E-state index in [1.165, 1.54) is 0 Å². The number of nitrogens with one attached hydrogen (secondary N) is 2. The fraction of sp³-hybridized carbons (Fsp3) is 0.529. The molecule has 1 rings (SSSR count). The molecule has 6 nitrogen and oxygen atoms in total. The molecule has 0 bridgehead atoms. The first kappa shape index (κ1) is 20.3. The summed E-state index contributed by atoms with van der Waals surface area (Å²) >= 11 is 1.57. The van der Waals surface area contributed by atoms with Gasteiger partial charge in [-0.3, -0.25) is 10.0 Å². The largest absolute Gasteiger partial charge is 0.326 e. The molecule has 0 aliphatic rings. The number of thioether (sulfide) groups is 1. The minimum absolute atomic E-state index is 0.332. The number of hydrogen-bond donors (Lipinski definition) is 3. The lowest BCUT2D eigenvalue weighted by Gasteiger charge is -2.36. The van der Waals surface area contributed by atoms with Crippen molar-refractivity contribution in [1.82, 2.24) is 15.7 Å². The Morgan fingerprint density at radius 1 is 1.25 bits per heavy atom. The Kier molecular flexibility index (Phi) is 8.07. The highest BCUT2D eigenvalue weighted by Gasteiger charge is 2.29. The minimum Gasteiger partial charge on any atom is -0.326 e. The Hall–Kier alpha value is -1.73. The van der Waals surface area contributed by atoms with Gasteiger partial charge in [0.15, 0.2) is 0 Å². The van der Waals surface area contributed by atoms with Gasteiger partial charge in [0.2, 0.25) is 0 Å². The standard InChI is InChI=1S/C17H27N3O3S/c1-17(2,3)20(12-13-8-6-5-7-9-13)16(22)18-14(10-11-24-4)15(21)19-23/h5-9,14,23H,10-12H2,1-4H3,(H,18,22)(H,19,21)/t14-/m0/s1. The van der Waals surface area contributed by atoms with Crippen molar-refractivity contribution in [2.45, 2.75) is 45.3 Å². The zero-order chi connectivity index (χ0) is 18.2. The summed E-state index contributed by atoms with van der Waals surface area (Å²) in [7, 11) is 0. The predicted molar refractivity (Wildman–Crippen MR) is 97.0 cm³/mol. The molecule has 0 radical (unpaired) electrons. The maximum absolute atomic E-state index is 12.7. The summed E-state index contributed by atoms with van der Waals surface area (Å²) in [5.41, 5.74) is 2.22. The van der Waals surface area contributed by atoms with Crippen molar-refractivity contribution < 1.29 is 14.8 Å². The fourth-order valence-corrected chi connectivity index (χ4v) is 2.66. The van der Waals surface area contributed by atoms with Gasteiger partial charge in [0.05, 0.1) is 0 Å². The zero-order valence-corrected chi connectivity index (χ0v) is 15.5. The van der Waals surface area contributed by atoms with Crippen LogP contribution >= 0.6 is 11.8 Å². The average Bonchev–Trinajstić information content (AvgIpc) is 2.55. The van der Waals surface area contributed by atoms with E-state index in [1.54, 1.807) is 22.1 Å². The summed E-state index contributed by atoms with van der Waals surface area (Å²) in [6.45, 7) is 6.27. The Labute approximate surface area is 147 Å². The van der Waals surface area contributed by atoms with Gasteiger partial charge in [-0.1, -0.05) is 30.3 Å². The first-order chi connectivity index (χ1) is 11.3. The van der Waals surface area contributed by atoms with Gasteiger partial charge in [-0.15, -0.1) is 0 Å². The molecule has 3 amide bonds. The molecule has 0 aromatic heterocycles. The lowest BCUT2D eigenvalue weighted by molar-refractivity contribution is -0.131. The van der Waals surface area contributed by atoms with Gasteiger partial charge in [-0.2, -0.15) is 11.8 Å². The maximum Gasteiger partial charge on any atom is 0.318 e. The third kappa shape index (κ3) is 6.41. The third-order valence-electron chi connectivity index (χ3n) is 3.57. The van der Waals surface area contributed by atoms with Gasteiger partial charge in [-0.25, -0.2) is 10.3 Å². The summed E-state index contributed by atoms with van der Waals surface area (Å²) in [5.74, 6) is 0.0954. The average molecular weight is 353 g/mol. The van der Waals surface area contributed by atoms with Crippen LogP contribution < -0.4 is 10.8 Å². The van der Waals surface area contributed by atoms with Crippen LogP contribution in [0.15, 0.2) is 30.3 Å². The molecule has 0 aliphatic carbocycles. The topological polar surface area (TPSA) is 81.7 Å². The van der Waals surface area contributed by atoms with Crippen molar-refractivity contribution in [3.05, 3.63) is 35.9 Å². The Morgan fingerprint density at radius 2 is 1.88 bits per heavy atom. The first-order valence-corrected chi connectivity index (χ1v) is 9.24. The fourth-order valence-electron chi connectivity index (χ4n) is 2.19. The Balaban J connectivity index is 2.88. The highest BCUT2D eigenvalue weighted by atomic mass is 32.2. The molecule has 0 spiro atoms. The van der Waals surface area contributed by atoms with Crippen molar-refractivity contribution >= 4 is 23.7 Å². The van der Waals surface area contributed by atoms with Crippen LogP contribution in [-0.4, -0.2) is 45.6 Å². The summed E-state index contributed by atoms with van der Waals surface area (Å²) < 4.78 is 0. The van der Waals surface area contributed by atoms with Crippen LogP contribution in [0.5, 0.6) is 0 Å². The van der Waals surface area contributed by atoms with E-state index in [9.17, 15) is 9.59 Å². The summed E-state index contributed by atoms with van der Waals surface area (Å²) in [6.07, 6.45) is 2.37. The molecule has 0 unspecified atom stereocenters. The van der Waals surface area contributed by atoms with E-state index < -0.39 is 17.5 Å². The second-order valence-corrected chi connectivity index (χ2v) is 7.49. The van der Waals surface area contributed by atoms with Gasteiger partial charge in [-0.05, 0) is 44.8 Å². The molecule has 0 heterocycles. The number of hydrogen-bond acceptors (Lipinski definition) is 4. The molecule has 7 heteroatoms. The monoisotopic (exact) mass is 353 g/mol. The number of nitrogens with zero attached hydrogens (tertiary/aromatic N) is 1. The molecule has 1 aromatic rings. The van der Waals surface area contributed by atoms with E-state index in [4.69, 9.17) is 5.21 Å². The number of carbonyl (C=O) groups is 2. The number of rotatable bonds is 7. The molecule has 0 fully saturated rings. The van der Waals surface area contributed by atoms with Crippen molar-refractivity contribution in [3.8, 4) is 0 Å². The SMILES string of the molecule is CSCC[C@H](NC(=O)N(Cc1ccccc1)C(C)(C)C)C(=O)NO. The highest BCUT2D eigenvalue weighted by molar-refractivity contribution is 7.98. The third-order valence-corrected chi connectivity index (χ3v) is 4.22. The smallest absolute Gasteiger partial charge is 0.318 e. The predicted octanol–water partition coefficient (Wildman–Crippen LogP) is 2.62. The number of amides is 3. The number of urea groups is 1. The van der Waals surface area contributed by atoms with E-state index in [1.807, 2.05) is 57.4 Å². The molecule has 3 N–H and O–H groups in total. The molecule has 24 heavy (non-hydrogen) atoms.